The van der Waals surface area contributed by atoms with Gasteiger partial charge < -0.3 is 20.6 Å². The summed E-state index contributed by atoms with van der Waals surface area (Å²) in [7, 11) is -8.34. The normalized spacial score (nSPS) is 17.6. The van der Waals surface area contributed by atoms with E-state index in [1.165, 1.54) is 0 Å². The van der Waals surface area contributed by atoms with Gasteiger partial charge in [0.2, 0.25) is 0 Å². The average molecular weight is 248 g/mol. The fourth-order valence-electron chi connectivity index (χ4n) is 0.748. The smallest absolute Gasteiger partial charge is 0.337 e. The minimum absolute atomic E-state index is 0.0338. The van der Waals surface area contributed by atoms with Gasteiger partial charge in [-0.3, -0.25) is 4.57 Å². The van der Waals surface area contributed by atoms with Gasteiger partial charge in [-0.05, 0) is 17.5 Å². The fourth-order valence-corrected chi connectivity index (χ4v) is 2.63. The quantitative estimate of drug-likeness (QED) is 0.246. The highest BCUT2D eigenvalue weighted by atomic mass is 31.2. The van der Waals surface area contributed by atoms with Crippen LogP contribution in [0, 0.1) is 0 Å². The van der Waals surface area contributed by atoms with Crippen molar-refractivity contribution in [2.45, 2.75) is 17.9 Å². The van der Waals surface area contributed by atoms with Crippen LogP contribution >= 0.6 is 15.6 Å². The van der Waals surface area contributed by atoms with E-state index in [1.807, 2.05) is 0 Å². The Morgan fingerprint density at radius 3 is 2.29 bits per heavy atom. The number of hydrogen-bond acceptors (Lipinski definition) is 6. The Bertz CT molecular complexity index is 252. The summed E-state index contributed by atoms with van der Waals surface area (Å²) in [5.41, 5.74) is 5.06. The summed E-state index contributed by atoms with van der Waals surface area (Å²) in [5, 5.41) is 14.5. The van der Waals surface area contributed by atoms with E-state index in [-0.39, 0.29) is 13.0 Å². The predicted octanol–water partition coefficient (Wildman–Crippen LogP) is -0.219. The molecule has 1 unspecified atom stereocenters. The van der Waals surface area contributed by atoms with Gasteiger partial charge in [0.1, 0.15) is 0 Å². The first kappa shape index (κ1) is 14.1. The minimum atomic E-state index is -5.06. The standard InChI is InChI=1S/C4H11NO7P2/c5-3-1-2-4(6,13(8)12-7)14(9,10)11/h6H,1-3,5H2,(H2-,7,9,10,11)/p+1/t4-/m0/s1. The largest absolute Gasteiger partial charge is 0.588 e. The molecule has 0 aliphatic carbocycles. The first-order valence-corrected chi connectivity index (χ1v) is 6.35. The first-order chi connectivity index (χ1) is 6.29. The van der Waals surface area contributed by atoms with Gasteiger partial charge in [-0.25, -0.2) is 5.26 Å². The van der Waals surface area contributed by atoms with E-state index < -0.39 is 27.1 Å². The molecule has 0 aliphatic heterocycles. The van der Waals surface area contributed by atoms with Crippen molar-refractivity contribution in [1.29, 1.82) is 0 Å². The summed E-state index contributed by atoms with van der Waals surface area (Å²) in [5.74, 6) is 0. The lowest BCUT2D eigenvalue weighted by Gasteiger charge is -2.15. The van der Waals surface area contributed by atoms with Gasteiger partial charge in [-0.1, -0.05) is 0 Å². The Balaban J connectivity index is 4.86. The van der Waals surface area contributed by atoms with E-state index in [9.17, 15) is 14.2 Å². The Labute approximate surface area is 80.6 Å². The molecule has 6 N–H and O–H groups in total. The van der Waals surface area contributed by atoms with Crippen molar-refractivity contribution < 1.29 is 34.0 Å². The number of aliphatic hydroxyl groups is 1. The molecule has 84 valence electrons. The molecular formula is C4H12NO7P2+. The van der Waals surface area contributed by atoms with Gasteiger partial charge in [-0.2, -0.15) is 0 Å². The second-order valence-electron chi connectivity index (χ2n) is 2.55. The molecule has 0 bridgehead atoms. The number of hydrogen-bond donors (Lipinski definition) is 5. The van der Waals surface area contributed by atoms with Crippen molar-refractivity contribution in [3.05, 3.63) is 0 Å². The van der Waals surface area contributed by atoms with Crippen molar-refractivity contribution >= 4 is 15.6 Å². The predicted molar refractivity (Wildman–Crippen MR) is 46.6 cm³/mol. The van der Waals surface area contributed by atoms with E-state index in [4.69, 9.17) is 20.8 Å². The molecule has 0 spiro atoms. The zero-order chi connectivity index (χ0) is 11.4. The van der Waals surface area contributed by atoms with Crippen LogP contribution in [0.3, 0.4) is 0 Å². The molecule has 2 atom stereocenters. The molecule has 0 aromatic heterocycles. The van der Waals surface area contributed by atoms with Crippen molar-refractivity contribution in [2.24, 2.45) is 5.73 Å². The Morgan fingerprint density at radius 2 is 2.00 bits per heavy atom. The van der Waals surface area contributed by atoms with E-state index in [2.05, 4.69) is 4.67 Å². The molecule has 0 radical (unpaired) electrons. The van der Waals surface area contributed by atoms with Crippen molar-refractivity contribution in [3.8, 4) is 0 Å². The second-order valence-corrected chi connectivity index (χ2v) is 6.15. The highest BCUT2D eigenvalue weighted by Gasteiger charge is 2.64. The maximum atomic E-state index is 10.9. The molecule has 0 saturated carbocycles. The van der Waals surface area contributed by atoms with Crippen molar-refractivity contribution in [1.82, 2.24) is 0 Å². The zero-order valence-corrected chi connectivity index (χ0v) is 8.90. The Hall–Kier alpha value is 0.0900. The van der Waals surface area contributed by atoms with Gasteiger partial charge in [0.15, 0.2) is 0 Å². The molecular weight excluding hydrogens is 236 g/mol. The summed E-state index contributed by atoms with van der Waals surface area (Å²) in [6.07, 6.45) is -0.490. The minimum Gasteiger partial charge on any atom is -0.337 e. The van der Waals surface area contributed by atoms with E-state index in [0.717, 1.165) is 0 Å². The SMILES string of the molecule is NCCC[C@](O)([P+](=O)OO)P(=O)(O)O. The summed E-state index contributed by atoms with van der Waals surface area (Å²) < 4.78 is 24.9. The summed E-state index contributed by atoms with van der Waals surface area (Å²) in [6, 6.07) is 0. The lowest BCUT2D eigenvalue weighted by molar-refractivity contribution is -0.136. The van der Waals surface area contributed by atoms with Gasteiger partial charge in [0, 0.05) is 11.1 Å². The lowest BCUT2D eigenvalue weighted by Crippen LogP contribution is -2.25. The summed E-state index contributed by atoms with van der Waals surface area (Å²) >= 11 is 0. The van der Waals surface area contributed by atoms with Gasteiger partial charge in [-0.15, -0.1) is 0 Å². The molecule has 14 heavy (non-hydrogen) atoms. The van der Waals surface area contributed by atoms with Crippen LogP contribution < -0.4 is 5.73 Å². The number of rotatable bonds is 6. The molecule has 10 heteroatoms. The molecule has 0 heterocycles. The van der Waals surface area contributed by atoms with Crippen LogP contribution in [-0.4, -0.2) is 31.8 Å². The summed E-state index contributed by atoms with van der Waals surface area (Å²) in [6.45, 7) is 0.0525. The van der Waals surface area contributed by atoms with Gasteiger partial charge in [0.05, 0.1) is 0 Å². The maximum absolute atomic E-state index is 10.9. The van der Waals surface area contributed by atoms with Gasteiger partial charge in [0.25, 0.3) is 0 Å². The fraction of sp³-hybridized carbons (Fsp3) is 1.00. The van der Waals surface area contributed by atoms with Crippen LogP contribution in [0.1, 0.15) is 12.8 Å². The molecule has 0 aromatic carbocycles. The molecule has 0 fully saturated rings. The average Bonchev–Trinajstić information content (AvgIpc) is 2.10. The number of nitrogens with two attached hydrogens (primary N) is 1. The molecule has 0 rings (SSSR count). The van der Waals surface area contributed by atoms with Crippen LogP contribution in [0.15, 0.2) is 0 Å². The first-order valence-electron chi connectivity index (χ1n) is 3.56. The third kappa shape index (κ3) is 3.05. The molecule has 8 nitrogen and oxygen atoms in total. The van der Waals surface area contributed by atoms with E-state index >= 15 is 0 Å². The molecule has 0 aliphatic rings. The van der Waals surface area contributed by atoms with Crippen molar-refractivity contribution in [3.63, 3.8) is 0 Å². The third-order valence-corrected chi connectivity index (χ3v) is 4.93. The second kappa shape index (κ2) is 5.25. The topological polar surface area (TPSA) is 150 Å². The maximum Gasteiger partial charge on any atom is 0.588 e. The molecule has 0 amide bonds. The third-order valence-electron chi connectivity index (χ3n) is 1.55. The lowest BCUT2D eigenvalue weighted by atomic mass is 10.3. The van der Waals surface area contributed by atoms with Crippen LogP contribution in [0.5, 0.6) is 0 Å². The zero-order valence-electron chi connectivity index (χ0n) is 7.11. The van der Waals surface area contributed by atoms with Crippen LogP contribution in [-0.2, 0) is 13.8 Å². The van der Waals surface area contributed by atoms with Gasteiger partial charge >= 0.3 is 20.7 Å². The Kier molecular flexibility index (Phi) is 5.28. The molecule has 0 aromatic rings. The molecule has 0 saturated heterocycles. The highest BCUT2D eigenvalue weighted by molar-refractivity contribution is 7.66. The Morgan fingerprint density at radius 1 is 1.50 bits per heavy atom. The van der Waals surface area contributed by atoms with Crippen LogP contribution in [0.4, 0.5) is 0 Å². The summed E-state index contributed by atoms with van der Waals surface area (Å²) in [4.78, 5) is 17.4. The van der Waals surface area contributed by atoms with Crippen LogP contribution in [0.2, 0.25) is 0 Å². The monoisotopic (exact) mass is 248 g/mol. The van der Waals surface area contributed by atoms with E-state index in [1.54, 1.807) is 0 Å². The van der Waals surface area contributed by atoms with Crippen LogP contribution in [0.25, 0.3) is 0 Å². The highest BCUT2D eigenvalue weighted by Crippen LogP contribution is 2.63. The van der Waals surface area contributed by atoms with E-state index in [0.29, 0.717) is 0 Å². The van der Waals surface area contributed by atoms with Crippen molar-refractivity contribution in [2.75, 3.05) is 6.54 Å².